The average Bonchev–Trinajstić information content (AvgIpc) is 3.08. The summed E-state index contributed by atoms with van der Waals surface area (Å²) in [5.74, 6) is 0.177. The van der Waals surface area contributed by atoms with Gasteiger partial charge in [-0.15, -0.1) is 0 Å². The molecule has 4 rings (SSSR count). The fourth-order valence-corrected chi connectivity index (χ4v) is 3.61. The quantitative estimate of drug-likeness (QED) is 0.888. The maximum Gasteiger partial charge on any atom is 0.274 e. The molecule has 0 bridgehead atoms. The molecule has 1 aromatic heterocycles. The van der Waals surface area contributed by atoms with Gasteiger partial charge in [0.15, 0.2) is 0 Å². The number of hydrogen-bond donors (Lipinski definition) is 1. The predicted molar refractivity (Wildman–Crippen MR) is 82.5 cm³/mol. The van der Waals surface area contributed by atoms with E-state index in [2.05, 4.69) is 10.4 Å². The number of rotatable bonds is 3. The Morgan fingerprint density at radius 1 is 1.23 bits per heavy atom. The molecule has 6 nitrogen and oxygen atoms in total. The Hall–Kier alpha value is -2.21. The molecule has 0 radical (unpaired) electrons. The van der Waals surface area contributed by atoms with Crippen molar-refractivity contribution in [2.24, 2.45) is 0 Å². The predicted octanol–water partition coefficient (Wildman–Crippen LogP) is 0.359. The Kier molecular flexibility index (Phi) is 3.18. The van der Waals surface area contributed by atoms with Crippen molar-refractivity contribution >= 4 is 16.7 Å². The third-order valence-electron chi connectivity index (χ3n) is 4.74. The van der Waals surface area contributed by atoms with E-state index in [1.165, 1.54) is 4.68 Å². The summed E-state index contributed by atoms with van der Waals surface area (Å²) in [6.45, 7) is 1.96. The lowest BCUT2D eigenvalue weighted by molar-refractivity contribution is -0.129. The number of nitrogens with one attached hydrogen (secondary N) is 1. The van der Waals surface area contributed by atoms with E-state index in [4.69, 9.17) is 0 Å². The Balaban J connectivity index is 1.56. The first kappa shape index (κ1) is 13.5. The maximum atomic E-state index is 12.4. The molecule has 0 unspecified atom stereocenters. The summed E-state index contributed by atoms with van der Waals surface area (Å²) in [6, 6.07) is 8.01. The van der Waals surface area contributed by atoms with Crippen molar-refractivity contribution in [3.05, 3.63) is 40.8 Å². The lowest BCUT2D eigenvalue weighted by Crippen LogP contribution is -2.39. The zero-order valence-corrected chi connectivity index (χ0v) is 12.2. The van der Waals surface area contributed by atoms with E-state index in [0.29, 0.717) is 24.9 Å². The number of fused-ring (bicyclic) bond motifs is 2. The standard InChI is InChI=1S/C16H18N4O2/c21-15-9-13-14(5-6-17-13)19(15)7-8-20-16(22)12-4-2-1-3-11(12)10-18-20/h1-4,10,13-14,17H,5-9H2/t13-,14-/m1/s1. The van der Waals surface area contributed by atoms with Gasteiger partial charge in [0.05, 0.1) is 18.1 Å². The third kappa shape index (κ3) is 2.11. The average molecular weight is 298 g/mol. The summed E-state index contributed by atoms with van der Waals surface area (Å²) in [6.07, 6.45) is 3.28. The van der Waals surface area contributed by atoms with Crippen LogP contribution in [0.15, 0.2) is 35.3 Å². The maximum absolute atomic E-state index is 12.4. The minimum Gasteiger partial charge on any atom is -0.336 e. The normalized spacial score (nSPS) is 24.2. The summed E-state index contributed by atoms with van der Waals surface area (Å²) >= 11 is 0. The van der Waals surface area contributed by atoms with Gasteiger partial charge in [-0.1, -0.05) is 18.2 Å². The van der Waals surface area contributed by atoms with Crippen LogP contribution in [0, 0.1) is 0 Å². The van der Waals surface area contributed by atoms with Gasteiger partial charge < -0.3 is 10.2 Å². The van der Waals surface area contributed by atoms with E-state index in [-0.39, 0.29) is 23.6 Å². The molecule has 0 saturated carbocycles. The Bertz CT molecular complexity index is 785. The first-order valence-electron chi connectivity index (χ1n) is 7.72. The molecular formula is C16H18N4O2. The molecule has 0 spiro atoms. The first-order valence-corrected chi connectivity index (χ1v) is 7.72. The van der Waals surface area contributed by atoms with Crippen LogP contribution < -0.4 is 10.9 Å². The highest BCUT2D eigenvalue weighted by molar-refractivity contribution is 5.81. The van der Waals surface area contributed by atoms with Gasteiger partial charge in [0.1, 0.15) is 0 Å². The molecule has 1 aromatic carbocycles. The van der Waals surface area contributed by atoms with E-state index in [1.54, 1.807) is 6.20 Å². The molecule has 2 aliphatic rings. The monoisotopic (exact) mass is 298 g/mol. The largest absolute Gasteiger partial charge is 0.336 e. The van der Waals surface area contributed by atoms with E-state index in [9.17, 15) is 9.59 Å². The van der Waals surface area contributed by atoms with Gasteiger partial charge in [0, 0.05) is 30.4 Å². The molecule has 1 amide bonds. The molecular weight excluding hydrogens is 280 g/mol. The summed E-state index contributed by atoms with van der Waals surface area (Å²) < 4.78 is 1.46. The molecule has 0 aliphatic carbocycles. The van der Waals surface area contributed by atoms with Gasteiger partial charge in [-0.2, -0.15) is 5.10 Å². The summed E-state index contributed by atoms with van der Waals surface area (Å²) in [5, 5.41) is 9.11. The second-order valence-electron chi connectivity index (χ2n) is 5.97. The summed E-state index contributed by atoms with van der Waals surface area (Å²) in [7, 11) is 0. The van der Waals surface area contributed by atoms with Crippen molar-refractivity contribution in [3.63, 3.8) is 0 Å². The molecule has 114 valence electrons. The van der Waals surface area contributed by atoms with E-state index in [1.807, 2.05) is 29.2 Å². The fraction of sp³-hybridized carbons (Fsp3) is 0.438. The molecule has 1 N–H and O–H groups in total. The molecule has 2 aromatic rings. The second kappa shape index (κ2) is 5.21. The van der Waals surface area contributed by atoms with Crippen molar-refractivity contribution in [1.82, 2.24) is 20.0 Å². The number of likely N-dealkylation sites (tertiary alicyclic amines) is 1. The van der Waals surface area contributed by atoms with E-state index in [0.717, 1.165) is 18.4 Å². The van der Waals surface area contributed by atoms with Crippen LogP contribution in [0.1, 0.15) is 12.8 Å². The fourth-order valence-electron chi connectivity index (χ4n) is 3.61. The molecule has 6 heteroatoms. The zero-order valence-electron chi connectivity index (χ0n) is 12.2. The number of hydrogen-bond acceptors (Lipinski definition) is 4. The molecule has 2 fully saturated rings. The van der Waals surface area contributed by atoms with Crippen molar-refractivity contribution in [2.75, 3.05) is 13.1 Å². The van der Waals surface area contributed by atoms with Gasteiger partial charge in [0.2, 0.25) is 5.91 Å². The molecule has 2 atom stereocenters. The SMILES string of the molecule is O=C1C[C@H]2NCC[C@H]2N1CCn1ncc2ccccc2c1=O. The van der Waals surface area contributed by atoms with Crippen LogP contribution in [0.5, 0.6) is 0 Å². The number of carbonyl (C=O) groups excluding carboxylic acids is 1. The molecule has 2 saturated heterocycles. The highest BCUT2D eigenvalue weighted by atomic mass is 16.2. The Labute approximate surface area is 127 Å². The minimum absolute atomic E-state index is 0.0918. The van der Waals surface area contributed by atoms with Crippen molar-refractivity contribution < 1.29 is 4.79 Å². The van der Waals surface area contributed by atoms with Crippen LogP contribution in [0.2, 0.25) is 0 Å². The highest BCUT2D eigenvalue weighted by Gasteiger charge is 2.41. The zero-order chi connectivity index (χ0) is 15.1. The topological polar surface area (TPSA) is 67.2 Å². The van der Waals surface area contributed by atoms with Crippen molar-refractivity contribution in [2.45, 2.75) is 31.5 Å². The van der Waals surface area contributed by atoms with Gasteiger partial charge in [-0.3, -0.25) is 9.59 Å². The first-order chi connectivity index (χ1) is 10.7. The summed E-state index contributed by atoms with van der Waals surface area (Å²) in [5.41, 5.74) is -0.0918. The van der Waals surface area contributed by atoms with Crippen LogP contribution in [-0.2, 0) is 11.3 Å². The van der Waals surface area contributed by atoms with Crippen LogP contribution in [-0.4, -0.2) is 45.8 Å². The lowest BCUT2D eigenvalue weighted by atomic mass is 10.1. The highest BCUT2D eigenvalue weighted by Crippen LogP contribution is 2.25. The van der Waals surface area contributed by atoms with Crippen LogP contribution in [0.25, 0.3) is 10.8 Å². The molecule has 2 aliphatic heterocycles. The van der Waals surface area contributed by atoms with Crippen LogP contribution >= 0.6 is 0 Å². The summed E-state index contributed by atoms with van der Waals surface area (Å²) in [4.78, 5) is 26.4. The second-order valence-corrected chi connectivity index (χ2v) is 5.97. The van der Waals surface area contributed by atoms with E-state index >= 15 is 0 Å². The van der Waals surface area contributed by atoms with Crippen molar-refractivity contribution in [1.29, 1.82) is 0 Å². The van der Waals surface area contributed by atoms with Gasteiger partial charge in [-0.25, -0.2) is 4.68 Å². The number of benzene rings is 1. The molecule has 3 heterocycles. The molecule has 22 heavy (non-hydrogen) atoms. The van der Waals surface area contributed by atoms with Gasteiger partial charge in [-0.05, 0) is 19.0 Å². The Morgan fingerprint density at radius 3 is 3.00 bits per heavy atom. The number of amides is 1. The minimum atomic E-state index is -0.0918. The smallest absolute Gasteiger partial charge is 0.274 e. The van der Waals surface area contributed by atoms with Crippen LogP contribution in [0.4, 0.5) is 0 Å². The van der Waals surface area contributed by atoms with E-state index < -0.39 is 0 Å². The van der Waals surface area contributed by atoms with Crippen LogP contribution in [0.3, 0.4) is 0 Å². The van der Waals surface area contributed by atoms with Gasteiger partial charge in [0.25, 0.3) is 5.56 Å². The number of carbonyl (C=O) groups is 1. The number of aromatic nitrogens is 2. The van der Waals surface area contributed by atoms with Crippen molar-refractivity contribution in [3.8, 4) is 0 Å². The number of nitrogens with zero attached hydrogens (tertiary/aromatic N) is 3. The third-order valence-corrected chi connectivity index (χ3v) is 4.74. The van der Waals surface area contributed by atoms with Gasteiger partial charge >= 0.3 is 0 Å². The lowest BCUT2D eigenvalue weighted by Gasteiger charge is -2.23. The Morgan fingerprint density at radius 2 is 2.09 bits per heavy atom.